The molecule has 1 saturated heterocycles. The Morgan fingerprint density at radius 3 is 3.00 bits per heavy atom. The lowest BCUT2D eigenvalue weighted by atomic mass is 9.93. The van der Waals surface area contributed by atoms with Gasteiger partial charge in [0.2, 0.25) is 0 Å². The quantitative estimate of drug-likeness (QED) is 0.849. The van der Waals surface area contributed by atoms with Crippen molar-refractivity contribution >= 4 is 27.5 Å². The number of halogens is 2. The molecule has 1 aliphatic heterocycles. The fraction of sp³-hybridized carbons (Fsp3) is 0.583. The van der Waals surface area contributed by atoms with Crippen molar-refractivity contribution in [3.05, 3.63) is 27.5 Å². The maximum absolute atomic E-state index is 6.10. The van der Waals surface area contributed by atoms with Gasteiger partial charge in [-0.15, -0.1) is 0 Å². The maximum atomic E-state index is 6.10. The summed E-state index contributed by atoms with van der Waals surface area (Å²) in [5.74, 6) is 0.575. The Bertz CT molecular complexity index is 386. The molecular formula is C12H17BrClN3. The lowest BCUT2D eigenvalue weighted by Crippen LogP contribution is -2.35. The number of hydrogen-bond acceptors (Lipinski definition) is 3. The van der Waals surface area contributed by atoms with Crippen molar-refractivity contribution in [2.45, 2.75) is 25.2 Å². The summed E-state index contributed by atoms with van der Waals surface area (Å²) in [5, 5.41) is 2.98. The summed E-state index contributed by atoms with van der Waals surface area (Å²) < 4.78 is 0.730. The molecule has 2 heterocycles. The first-order valence-corrected chi connectivity index (χ1v) is 7.11. The van der Waals surface area contributed by atoms with E-state index in [4.69, 9.17) is 11.6 Å². The summed E-state index contributed by atoms with van der Waals surface area (Å²) in [4.78, 5) is 4.28. The van der Waals surface area contributed by atoms with E-state index in [-0.39, 0.29) is 0 Å². The number of hydrogen-bond donors (Lipinski definition) is 1. The van der Waals surface area contributed by atoms with Crippen LogP contribution in [0.4, 0.5) is 0 Å². The molecule has 3 nitrogen and oxygen atoms in total. The molecule has 0 aliphatic carbocycles. The minimum absolute atomic E-state index is 0.575. The van der Waals surface area contributed by atoms with Crippen LogP contribution in [-0.2, 0) is 0 Å². The molecule has 1 fully saturated rings. The normalized spacial score (nSPS) is 22.4. The van der Waals surface area contributed by atoms with Gasteiger partial charge in [-0.1, -0.05) is 11.6 Å². The van der Waals surface area contributed by atoms with E-state index in [9.17, 15) is 0 Å². The number of rotatable bonds is 2. The summed E-state index contributed by atoms with van der Waals surface area (Å²) in [6.45, 7) is 2.19. The molecule has 1 atom stereocenters. The van der Waals surface area contributed by atoms with Gasteiger partial charge < -0.3 is 0 Å². The third kappa shape index (κ3) is 3.41. The van der Waals surface area contributed by atoms with Crippen molar-refractivity contribution in [2.24, 2.45) is 0 Å². The van der Waals surface area contributed by atoms with Crippen LogP contribution in [0.2, 0.25) is 5.02 Å². The highest BCUT2D eigenvalue weighted by atomic mass is 79.9. The van der Waals surface area contributed by atoms with E-state index in [2.05, 4.69) is 31.3 Å². The Morgan fingerprint density at radius 2 is 2.29 bits per heavy atom. The van der Waals surface area contributed by atoms with E-state index in [1.807, 2.05) is 19.3 Å². The van der Waals surface area contributed by atoms with Crippen LogP contribution in [0, 0.1) is 0 Å². The van der Waals surface area contributed by atoms with E-state index in [0.717, 1.165) is 24.1 Å². The zero-order valence-electron chi connectivity index (χ0n) is 9.92. The summed E-state index contributed by atoms with van der Waals surface area (Å²) in [6.07, 6.45) is 5.51. The van der Waals surface area contributed by atoms with Crippen molar-refractivity contribution in [2.75, 3.05) is 20.1 Å². The fourth-order valence-corrected chi connectivity index (χ4v) is 2.70. The van der Waals surface area contributed by atoms with E-state index in [0.29, 0.717) is 10.9 Å². The highest BCUT2D eigenvalue weighted by Crippen LogP contribution is 2.30. The smallest absolute Gasteiger partial charge is 0.124 e. The molecule has 2 rings (SSSR count). The zero-order chi connectivity index (χ0) is 12.3. The van der Waals surface area contributed by atoms with Crippen molar-refractivity contribution in [1.29, 1.82) is 0 Å². The van der Waals surface area contributed by atoms with Crippen molar-refractivity contribution in [3.8, 4) is 0 Å². The monoisotopic (exact) mass is 317 g/mol. The van der Waals surface area contributed by atoms with Crippen LogP contribution in [-0.4, -0.2) is 30.1 Å². The van der Waals surface area contributed by atoms with Gasteiger partial charge in [0, 0.05) is 19.3 Å². The molecule has 0 radical (unpaired) electrons. The molecule has 1 aromatic heterocycles. The van der Waals surface area contributed by atoms with E-state index >= 15 is 0 Å². The zero-order valence-corrected chi connectivity index (χ0v) is 12.3. The van der Waals surface area contributed by atoms with Gasteiger partial charge in [0.1, 0.15) is 4.60 Å². The van der Waals surface area contributed by atoms with Gasteiger partial charge >= 0.3 is 0 Å². The number of hydrazine groups is 1. The molecule has 1 aliphatic rings. The predicted molar refractivity (Wildman–Crippen MR) is 74.2 cm³/mol. The summed E-state index contributed by atoms with van der Waals surface area (Å²) in [5.41, 5.74) is 4.48. The number of pyridine rings is 1. The van der Waals surface area contributed by atoms with Gasteiger partial charge in [-0.05, 0) is 59.8 Å². The van der Waals surface area contributed by atoms with Crippen molar-refractivity contribution < 1.29 is 0 Å². The number of aromatic nitrogens is 1. The summed E-state index contributed by atoms with van der Waals surface area (Å²) >= 11 is 9.43. The predicted octanol–water partition coefficient (Wildman–Crippen LogP) is 3.20. The first kappa shape index (κ1) is 13.3. The Kier molecular flexibility index (Phi) is 4.79. The van der Waals surface area contributed by atoms with Crippen molar-refractivity contribution in [1.82, 2.24) is 15.4 Å². The van der Waals surface area contributed by atoms with Gasteiger partial charge in [0.05, 0.1) is 5.02 Å². The minimum atomic E-state index is 0.575. The largest absolute Gasteiger partial charge is 0.258 e. The summed E-state index contributed by atoms with van der Waals surface area (Å²) in [7, 11) is 1.98. The third-order valence-corrected chi connectivity index (χ3v) is 4.48. The average Bonchev–Trinajstić information content (AvgIpc) is 2.58. The third-order valence-electron chi connectivity index (χ3n) is 3.33. The molecule has 17 heavy (non-hydrogen) atoms. The Morgan fingerprint density at radius 1 is 1.47 bits per heavy atom. The lowest BCUT2D eigenvalue weighted by molar-refractivity contribution is 0.216. The molecule has 1 N–H and O–H groups in total. The standard InChI is InChI=1S/C12H17BrClN3/c1-15-17-5-2-3-9(4-6-17)10-7-11(14)12(13)16-8-10/h7-9,15H,2-6H2,1H3/t9-/m0/s1. The number of nitrogens with one attached hydrogen (secondary N) is 1. The van der Waals surface area contributed by atoms with E-state index in [1.165, 1.54) is 18.4 Å². The van der Waals surface area contributed by atoms with Crippen LogP contribution in [0.5, 0.6) is 0 Å². The lowest BCUT2D eigenvalue weighted by Gasteiger charge is -2.18. The maximum Gasteiger partial charge on any atom is 0.124 e. The first-order valence-electron chi connectivity index (χ1n) is 5.94. The second-order valence-electron chi connectivity index (χ2n) is 4.38. The molecule has 1 aromatic rings. The van der Waals surface area contributed by atoms with Gasteiger partial charge in [-0.3, -0.25) is 5.43 Å². The Hall–Kier alpha value is -0.160. The fourth-order valence-electron chi connectivity index (χ4n) is 2.31. The van der Waals surface area contributed by atoms with Crippen LogP contribution < -0.4 is 5.43 Å². The molecule has 0 spiro atoms. The second kappa shape index (κ2) is 6.14. The van der Waals surface area contributed by atoms with E-state index in [1.54, 1.807) is 0 Å². The van der Waals surface area contributed by atoms with Gasteiger partial charge in [-0.25, -0.2) is 9.99 Å². The van der Waals surface area contributed by atoms with Crippen LogP contribution in [0.1, 0.15) is 30.7 Å². The number of nitrogens with zero attached hydrogens (tertiary/aromatic N) is 2. The van der Waals surface area contributed by atoms with E-state index < -0.39 is 0 Å². The molecule has 0 bridgehead atoms. The molecular weight excluding hydrogens is 302 g/mol. The van der Waals surface area contributed by atoms with Crippen LogP contribution in [0.3, 0.4) is 0 Å². The van der Waals surface area contributed by atoms with Gasteiger partial charge in [0.15, 0.2) is 0 Å². The Balaban J connectivity index is 2.08. The molecule has 0 aromatic carbocycles. The van der Waals surface area contributed by atoms with Crippen molar-refractivity contribution in [3.63, 3.8) is 0 Å². The van der Waals surface area contributed by atoms with Crippen LogP contribution >= 0.6 is 27.5 Å². The second-order valence-corrected chi connectivity index (χ2v) is 5.54. The van der Waals surface area contributed by atoms with Crippen LogP contribution in [0.15, 0.2) is 16.9 Å². The van der Waals surface area contributed by atoms with Crippen LogP contribution in [0.25, 0.3) is 0 Å². The highest BCUT2D eigenvalue weighted by molar-refractivity contribution is 9.10. The summed E-state index contributed by atoms with van der Waals surface area (Å²) in [6, 6.07) is 2.04. The Labute approximate surface area is 116 Å². The molecule has 0 unspecified atom stereocenters. The molecule has 94 valence electrons. The molecule has 0 amide bonds. The molecule has 0 saturated carbocycles. The van der Waals surface area contributed by atoms with Gasteiger partial charge in [0.25, 0.3) is 0 Å². The van der Waals surface area contributed by atoms with Gasteiger partial charge in [-0.2, -0.15) is 0 Å². The highest BCUT2D eigenvalue weighted by Gasteiger charge is 2.18. The molecule has 5 heteroatoms. The first-order chi connectivity index (χ1) is 8.20. The SMILES string of the molecule is CNN1CCC[C@H](c2cnc(Br)c(Cl)c2)CC1. The average molecular weight is 319 g/mol. The topological polar surface area (TPSA) is 28.2 Å². The minimum Gasteiger partial charge on any atom is -0.258 e.